The van der Waals surface area contributed by atoms with Crippen LogP contribution in [0.4, 0.5) is 5.13 Å². The predicted molar refractivity (Wildman–Crippen MR) is 122 cm³/mol. The van der Waals surface area contributed by atoms with E-state index < -0.39 is 22.0 Å². The molecule has 1 aliphatic heterocycles. The molecule has 0 radical (unpaired) electrons. The summed E-state index contributed by atoms with van der Waals surface area (Å²) in [6, 6.07) is 12.9. The Bertz CT molecular complexity index is 1200. The number of methoxy groups -OCH3 is 1. The molecule has 4 rings (SSSR count). The molecule has 162 valence electrons. The molecule has 0 saturated carbocycles. The fourth-order valence-electron chi connectivity index (χ4n) is 3.37. The number of carbonyl (C=O) groups excluding carboxylic acids is 1. The first kappa shape index (κ1) is 21.9. The van der Waals surface area contributed by atoms with Gasteiger partial charge in [0.1, 0.15) is 16.8 Å². The maximum atomic E-state index is 13.1. The third-order valence-corrected chi connectivity index (χ3v) is 8.20. The highest BCUT2D eigenvalue weighted by atomic mass is 79.9. The summed E-state index contributed by atoms with van der Waals surface area (Å²) in [5.41, 5.74) is 0.872. The first-order valence-electron chi connectivity index (χ1n) is 9.45. The highest BCUT2D eigenvalue weighted by molar-refractivity contribution is 9.10. The molecule has 0 aliphatic carbocycles. The lowest BCUT2D eigenvalue weighted by Gasteiger charge is -2.23. The van der Waals surface area contributed by atoms with E-state index in [1.54, 1.807) is 12.1 Å². The lowest BCUT2D eigenvalue weighted by Crippen LogP contribution is -2.43. The van der Waals surface area contributed by atoms with Crippen LogP contribution in [0.5, 0.6) is 5.75 Å². The van der Waals surface area contributed by atoms with Crippen LogP contribution in [-0.4, -0.2) is 48.5 Å². The minimum Gasteiger partial charge on any atom is -0.497 e. The van der Waals surface area contributed by atoms with Crippen LogP contribution in [0.25, 0.3) is 10.6 Å². The molecule has 0 bridgehead atoms. The molecule has 11 heteroatoms. The van der Waals surface area contributed by atoms with Gasteiger partial charge >= 0.3 is 0 Å². The SMILES string of the molecule is COc1ccc(S(=O)(=O)N2CCCC2C(=O)Nc2nnc(-c3cccc(Br)c3)s2)cc1. The summed E-state index contributed by atoms with van der Waals surface area (Å²) in [5, 5.41) is 11.9. The number of hydrogen-bond donors (Lipinski definition) is 1. The Kier molecular flexibility index (Phi) is 6.37. The monoisotopic (exact) mass is 522 g/mol. The fourth-order valence-corrected chi connectivity index (χ4v) is 6.17. The van der Waals surface area contributed by atoms with Gasteiger partial charge in [-0.1, -0.05) is 39.4 Å². The van der Waals surface area contributed by atoms with E-state index in [0.717, 1.165) is 10.0 Å². The summed E-state index contributed by atoms with van der Waals surface area (Å²) in [5.74, 6) is 0.152. The molecule has 1 saturated heterocycles. The second-order valence-corrected chi connectivity index (χ2v) is 10.6. The summed E-state index contributed by atoms with van der Waals surface area (Å²) in [6.45, 7) is 0.284. The predicted octanol–water partition coefficient (Wildman–Crippen LogP) is 3.77. The smallest absolute Gasteiger partial charge is 0.244 e. The molecule has 8 nitrogen and oxygen atoms in total. The zero-order valence-electron chi connectivity index (χ0n) is 16.5. The van der Waals surface area contributed by atoms with E-state index in [2.05, 4.69) is 31.4 Å². The average molecular weight is 523 g/mol. The second-order valence-electron chi connectivity index (χ2n) is 6.86. The van der Waals surface area contributed by atoms with E-state index in [1.807, 2.05) is 24.3 Å². The summed E-state index contributed by atoms with van der Waals surface area (Å²) in [6.07, 6.45) is 1.05. The molecule has 1 amide bonds. The summed E-state index contributed by atoms with van der Waals surface area (Å²) >= 11 is 4.66. The molecule has 2 aromatic carbocycles. The van der Waals surface area contributed by atoms with Crippen molar-refractivity contribution in [1.29, 1.82) is 0 Å². The Morgan fingerprint density at radius 1 is 1.23 bits per heavy atom. The number of nitrogens with one attached hydrogen (secondary N) is 1. The number of ether oxygens (including phenoxy) is 1. The van der Waals surface area contributed by atoms with Crippen molar-refractivity contribution < 1.29 is 17.9 Å². The summed E-state index contributed by atoms with van der Waals surface area (Å²) in [7, 11) is -2.30. The van der Waals surface area contributed by atoms with Crippen molar-refractivity contribution >= 4 is 48.3 Å². The Hall–Kier alpha value is -2.34. The van der Waals surface area contributed by atoms with Gasteiger partial charge in [-0.2, -0.15) is 4.31 Å². The molecule has 1 aromatic heterocycles. The van der Waals surface area contributed by atoms with Crippen molar-refractivity contribution in [2.45, 2.75) is 23.8 Å². The third kappa shape index (κ3) is 4.64. The number of amides is 1. The van der Waals surface area contributed by atoms with Gasteiger partial charge in [-0.25, -0.2) is 8.42 Å². The quantitative estimate of drug-likeness (QED) is 0.528. The van der Waals surface area contributed by atoms with Crippen molar-refractivity contribution in [3.05, 3.63) is 53.0 Å². The summed E-state index contributed by atoms with van der Waals surface area (Å²) < 4.78 is 33.4. The van der Waals surface area contributed by atoms with Crippen LogP contribution in [0.15, 0.2) is 57.9 Å². The normalized spacial score (nSPS) is 16.9. The fraction of sp³-hybridized carbons (Fsp3) is 0.250. The van der Waals surface area contributed by atoms with Crippen molar-refractivity contribution in [2.75, 3.05) is 19.0 Å². The van der Waals surface area contributed by atoms with E-state index in [9.17, 15) is 13.2 Å². The van der Waals surface area contributed by atoms with Gasteiger partial charge in [0.25, 0.3) is 0 Å². The Labute approximate surface area is 192 Å². The molecule has 31 heavy (non-hydrogen) atoms. The summed E-state index contributed by atoms with van der Waals surface area (Å²) in [4.78, 5) is 13.0. The molecule has 1 atom stereocenters. The van der Waals surface area contributed by atoms with Crippen molar-refractivity contribution in [1.82, 2.24) is 14.5 Å². The van der Waals surface area contributed by atoms with E-state index in [1.165, 1.54) is 34.9 Å². The van der Waals surface area contributed by atoms with Gasteiger partial charge in [-0.05, 0) is 49.2 Å². The zero-order valence-corrected chi connectivity index (χ0v) is 19.7. The molecule has 1 unspecified atom stereocenters. The lowest BCUT2D eigenvalue weighted by molar-refractivity contribution is -0.119. The Morgan fingerprint density at radius 3 is 2.71 bits per heavy atom. The van der Waals surface area contributed by atoms with Crippen molar-refractivity contribution in [3.63, 3.8) is 0 Å². The van der Waals surface area contributed by atoms with Gasteiger partial charge in [0.2, 0.25) is 21.1 Å². The molecular weight excluding hydrogens is 504 g/mol. The number of carbonyl (C=O) groups is 1. The van der Waals surface area contributed by atoms with Gasteiger partial charge in [-0.3, -0.25) is 10.1 Å². The minimum atomic E-state index is -3.81. The number of anilines is 1. The molecule has 1 fully saturated rings. The first-order chi connectivity index (χ1) is 14.9. The van der Waals surface area contributed by atoms with Gasteiger partial charge in [0.15, 0.2) is 0 Å². The molecular formula is C20H19BrN4O4S2. The maximum Gasteiger partial charge on any atom is 0.244 e. The number of nitrogens with zero attached hydrogens (tertiary/aromatic N) is 3. The van der Waals surface area contributed by atoms with Gasteiger partial charge < -0.3 is 4.74 Å². The number of hydrogen-bond acceptors (Lipinski definition) is 7. The van der Waals surface area contributed by atoms with Crippen LogP contribution in [0.2, 0.25) is 0 Å². The van der Waals surface area contributed by atoms with Gasteiger partial charge in [0.05, 0.1) is 12.0 Å². The van der Waals surface area contributed by atoms with Crippen LogP contribution in [0, 0.1) is 0 Å². The molecule has 1 aliphatic rings. The molecule has 1 N–H and O–H groups in total. The highest BCUT2D eigenvalue weighted by Gasteiger charge is 2.39. The van der Waals surface area contributed by atoms with E-state index in [-0.39, 0.29) is 11.4 Å². The van der Waals surface area contributed by atoms with Gasteiger partial charge in [-0.15, -0.1) is 10.2 Å². The van der Waals surface area contributed by atoms with E-state index in [0.29, 0.717) is 28.7 Å². The highest BCUT2D eigenvalue weighted by Crippen LogP contribution is 2.30. The van der Waals surface area contributed by atoms with Crippen LogP contribution < -0.4 is 10.1 Å². The van der Waals surface area contributed by atoms with Crippen LogP contribution in [-0.2, 0) is 14.8 Å². The largest absolute Gasteiger partial charge is 0.497 e. The van der Waals surface area contributed by atoms with Crippen LogP contribution in [0.3, 0.4) is 0 Å². The standard InChI is InChI=1S/C20H19BrN4O4S2/c1-29-15-7-9-16(10-8-15)31(27,28)25-11-3-6-17(25)18(26)22-20-24-23-19(30-20)13-4-2-5-14(21)12-13/h2,4-5,7-10,12,17H,3,6,11H2,1H3,(H,22,24,26). The van der Waals surface area contributed by atoms with Crippen LogP contribution in [0.1, 0.15) is 12.8 Å². The third-order valence-electron chi connectivity index (χ3n) is 4.90. The zero-order chi connectivity index (χ0) is 22.0. The Balaban J connectivity index is 1.50. The molecule has 0 spiro atoms. The van der Waals surface area contributed by atoms with Crippen molar-refractivity contribution in [2.24, 2.45) is 0 Å². The number of halogens is 1. The molecule has 2 heterocycles. The number of rotatable bonds is 6. The topological polar surface area (TPSA) is 101 Å². The van der Waals surface area contributed by atoms with E-state index >= 15 is 0 Å². The van der Waals surface area contributed by atoms with Crippen molar-refractivity contribution in [3.8, 4) is 16.3 Å². The Morgan fingerprint density at radius 2 is 2.00 bits per heavy atom. The lowest BCUT2D eigenvalue weighted by atomic mass is 10.2. The number of sulfonamides is 1. The number of benzene rings is 2. The first-order valence-corrected chi connectivity index (χ1v) is 12.5. The maximum absolute atomic E-state index is 13.1. The van der Waals surface area contributed by atoms with Gasteiger partial charge in [0, 0.05) is 16.6 Å². The molecule has 3 aromatic rings. The average Bonchev–Trinajstić information content (AvgIpc) is 3.44. The second kappa shape index (κ2) is 9.03. The van der Waals surface area contributed by atoms with E-state index in [4.69, 9.17) is 4.74 Å². The number of aromatic nitrogens is 2. The minimum absolute atomic E-state index is 0.126. The van der Waals surface area contributed by atoms with Crippen LogP contribution >= 0.6 is 27.3 Å².